The molecule has 0 aliphatic carbocycles. The van der Waals surface area contributed by atoms with Gasteiger partial charge in [-0.3, -0.25) is 0 Å². The maximum absolute atomic E-state index is 13.4. The van der Waals surface area contributed by atoms with Gasteiger partial charge >= 0.3 is 0 Å². The summed E-state index contributed by atoms with van der Waals surface area (Å²) in [6.07, 6.45) is 0.854. The fraction of sp³-hybridized carbons (Fsp3) is 0.286. The summed E-state index contributed by atoms with van der Waals surface area (Å²) in [5, 5.41) is 3.28. The fourth-order valence-electron chi connectivity index (χ4n) is 2.32. The third-order valence-electron chi connectivity index (χ3n) is 3.28. The van der Waals surface area contributed by atoms with Crippen molar-refractivity contribution in [2.75, 3.05) is 0 Å². The van der Waals surface area contributed by atoms with Gasteiger partial charge in [0.25, 0.3) is 0 Å². The Kier molecular flexibility index (Phi) is 3.33. The minimum absolute atomic E-state index is 0.279. The molecule has 5 heteroatoms. The number of aromatic nitrogens is 2. The molecular formula is C14H13BrFN3. The van der Waals surface area contributed by atoms with Gasteiger partial charge in [-0.2, -0.15) is 0 Å². The molecule has 0 atom stereocenters. The van der Waals surface area contributed by atoms with Gasteiger partial charge in [-0.25, -0.2) is 14.4 Å². The summed E-state index contributed by atoms with van der Waals surface area (Å²) in [5.41, 5.74) is 3.96. The van der Waals surface area contributed by atoms with E-state index in [1.807, 2.05) is 0 Å². The third-order valence-corrected chi connectivity index (χ3v) is 3.97. The highest BCUT2D eigenvalue weighted by Gasteiger charge is 2.19. The zero-order chi connectivity index (χ0) is 13.4. The molecule has 0 fully saturated rings. The molecule has 1 aliphatic heterocycles. The molecule has 0 bridgehead atoms. The second-order valence-electron chi connectivity index (χ2n) is 4.50. The predicted molar refractivity (Wildman–Crippen MR) is 75.0 cm³/mol. The summed E-state index contributed by atoms with van der Waals surface area (Å²) in [6, 6.07) is 4.57. The Balaban J connectivity index is 2.18. The molecule has 3 rings (SSSR count). The first-order valence-electron chi connectivity index (χ1n) is 6.24. The maximum atomic E-state index is 13.4. The predicted octanol–water partition coefficient (Wildman–Crippen LogP) is 3.21. The fourth-order valence-corrected chi connectivity index (χ4v) is 2.74. The van der Waals surface area contributed by atoms with Gasteiger partial charge in [-0.05, 0) is 24.6 Å². The monoisotopic (exact) mass is 321 g/mol. The summed E-state index contributed by atoms with van der Waals surface area (Å²) in [4.78, 5) is 9.15. The molecule has 98 valence electrons. The van der Waals surface area contributed by atoms with Gasteiger partial charge < -0.3 is 5.32 Å². The number of halogens is 2. The topological polar surface area (TPSA) is 37.8 Å². The molecule has 1 aliphatic rings. The van der Waals surface area contributed by atoms with Crippen LogP contribution in [0.15, 0.2) is 22.7 Å². The van der Waals surface area contributed by atoms with E-state index in [9.17, 15) is 4.39 Å². The van der Waals surface area contributed by atoms with Crippen LogP contribution < -0.4 is 5.32 Å². The zero-order valence-corrected chi connectivity index (χ0v) is 12.1. The second-order valence-corrected chi connectivity index (χ2v) is 5.35. The quantitative estimate of drug-likeness (QED) is 0.923. The van der Waals surface area contributed by atoms with Gasteiger partial charge in [-0.1, -0.05) is 22.9 Å². The van der Waals surface area contributed by atoms with Crippen molar-refractivity contribution in [2.45, 2.75) is 26.4 Å². The van der Waals surface area contributed by atoms with Gasteiger partial charge in [0.05, 0.1) is 5.69 Å². The molecular weight excluding hydrogens is 309 g/mol. The van der Waals surface area contributed by atoms with E-state index >= 15 is 0 Å². The molecule has 2 heterocycles. The van der Waals surface area contributed by atoms with Crippen LogP contribution in [0.1, 0.15) is 23.9 Å². The number of aryl methyl sites for hydroxylation is 1. The lowest BCUT2D eigenvalue weighted by Gasteiger charge is -2.09. The van der Waals surface area contributed by atoms with Crippen molar-refractivity contribution in [1.29, 1.82) is 0 Å². The lowest BCUT2D eigenvalue weighted by Crippen LogP contribution is -2.03. The summed E-state index contributed by atoms with van der Waals surface area (Å²) in [7, 11) is 0. The van der Waals surface area contributed by atoms with Crippen molar-refractivity contribution >= 4 is 15.9 Å². The molecule has 1 aromatic carbocycles. The smallest absolute Gasteiger partial charge is 0.160 e. The largest absolute Gasteiger partial charge is 0.307 e. The van der Waals surface area contributed by atoms with Crippen LogP contribution in [0.4, 0.5) is 4.39 Å². The van der Waals surface area contributed by atoms with E-state index in [-0.39, 0.29) is 5.82 Å². The van der Waals surface area contributed by atoms with E-state index in [1.165, 1.54) is 17.7 Å². The molecule has 0 amide bonds. The van der Waals surface area contributed by atoms with Crippen molar-refractivity contribution < 1.29 is 4.39 Å². The van der Waals surface area contributed by atoms with Crippen LogP contribution in [0.3, 0.4) is 0 Å². The minimum atomic E-state index is -0.279. The Bertz CT molecular complexity index is 643. The molecule has 0 unspecified atom stereocenters. The third kappa shape index (κ3) is 2.28. The van der Waals surface area contributed by atoms with E-state index in [4.69, 9.17) is 0 Å². The van der Waals surface area contributed by atoms with Crippen LogP contribution in [0.25, 0.3) is 11.4 Å². The normalized spacial score (nSPS) is 13.6. The lowest BCUT2D eigenvalue weighted by atomic mass is 10.1. The molecule has 0 radical (unpaired) electrons. The van der Waals surface area contributed by atoms with Crippen molar-refractivity contribution in [2.24, 2.45) is 0 Å². The van der Waals surface area contributed by atoms with E-state index in [0.717, 1.165) is 35.4 Å². The van der Waals surface area contributed by atoms with E-state index in [2.05, 4.69) is 38.1 Å². The van der Waals surface area contributed by atoms with Crippen LogP contribution in [0, 0.1) is 5.82 Å². The average Bonchev–Trinajstić information content (AvgIpc) is 2.88. The van der Waals surface area contributed by atoms with Crippen LogP contribution in [0.5, 0.6) is 0 Å². The van der Waals surface area contributed by atoms with Crippen LogP contribution in [-0.2, 0) is 19.5 Å². The Morgan fingerprint density at radius 1 is 1.32 bits per heavy atom. The first-order chi connectivity index (χ1) is 9.19. The SMILES string of the molecule is CCc1nc(-c2cc(F)ccc2Br)nc2c1CNC2. The van der Waals surface area contributed by atoms with Crippen molar-refractivity contribution in [3.8, 4) is 11.4 Å². The highest BCUT2D eigenvalue weighted by Crippen LogP contribution is 2.29. The molecule has 19 heavy (non-hydrogen) atoms. The van der Waals surface area contributed by atoms with Gasteiger partial charge in [0.15, 0.2) is 5.82 Å². The molecule has 0 saturated heterocycles. The summed E-state index contributed by atoms with van der Waals surface area (Å²) in [6.45, 7) is 3.65. The van der Waals surface area contributed by atoms with Gasteiger partial charge in [-0.15, -0.1) is 0 Å². The van der Waals surface area contributed by atoms with E-state index < -0.39 is 0 Å². The molecule has 2 aromatic rings. The van der Waals surface area contributed by atoms with Crippen LogP contribution >= 0.6 is 15.9 Å². The Hall–Kier alpha value is -1.33. The number of fused-ring (bicyclic) bond motifs is 1. The summed E-state index contributed by atoms with van der Waals surface area (Å²) in [5.74, 6) is 0.309. The van der Waals surface area contributed by atoms with E-state index in [1.54, 1.807) is 6.07 Å². The second kappa shape index (κ2) is 4.98. The highest BCUT2D eigenvalue weighted by molar-refractivity contribution is 9.10. The van der Waals surface area contributed by atoms with Gasteiger partial charge in [0.1, 0.15) is 5.82 Å². The lowest BCUT2D eigenvalue weighted by molar-refractivity contribution is 0.628. The van der Waals surface area contributed by atoms with Gasteiger partial charge in [0.2, 0.25) is 0 Å². The van der Waals surface area contributed by atoms with Crippen molar-refractivity contribution in [1.82, 2.24) is 15.3 Å². The average molecular weight is 322 g/mol. The highest BCUT2D eigenvalue weighted by atomic mass is 79.9. The first kappa shape index (κ1) is 12.7. The Morgan fingerprint density at radius 2 is 2.16 bits per heavy atom. The number of nitrogens with one attached hydrogen (secondary N) is 1. The standard InChI is InChI=1S/C14H13BrFN3/c1-2-12-10-6-17-7-13(10)19-14(18-12)9-5-8(16)3-4-11(9)15/h3-5,17H,2,6-7H2,1H3. The molecule has 0 saturated carbocycles. The molecule has 0 spiro atoms. The number of rotatable bonds is 2. The number of nitrogens with zero attached hydrogens (tertiary/aromatic N) is 2. The van der Waals surface area contributed by atoms with Gasteiger partial charge in [0, 0.05) is 34.4 Å². The number of hydrogen-bond donors (Lipinski definition) is 1. The van der Waals surface area contributed by atoms with Crippen molar-refractivity contribution in [3.63, 3.8) is 0 Å². The Morgan fingerprint density at radius 3 is 2.95 bits per heavy atom. The van der Waals surface area contributed by atoms with Crippen LogP contribution in [0.2, 0.25) is 0 Å². The summed E-state index contributed by atoms with van der Waals surface area (Å²) < 4.78 is 14.2. The van der Waals surface area contributed by atoms with E-state index in [0.29, 0.717) is 11.4 Å². The number of hydrogen-bond acceptors (Lipinski definition) is 3. The Labute approximate surface area is 119 Å². The maximum Gasteiger partial charge on any atom is 0.160 e. The van der Waals surface area contributed by atoms with Crippen LogP contribution in [-0.4, -0.2) is 9.97 Å². The van der Waals surface area contributed by atoms with Crippen molar-refractivity contribution in [3.05, 3.63) is 45.4 Å². The summed E-state index contributed by atoms with van der Waals surface area (Å²) >= 11 is 3.43. The first-order valence-corrected chi connectivity index (χ1v) is 7.03. The zero-order valence-electron chi connectivity index (χ0n) is 10.5. The molecule has 3 nitrogen and oxygen atoms in total. The minimum Gasteiger partial charge on any atom is -0.307 e. The molecule has 1 aromatic heterocycles. The number of benzene rings is 1. The molecule has 1 N–H and O–H groups in total.